The summed E-state index contributed by atoms with van der Waals surface area (Å²) in [5.74, 6) is 1.98. The summed E-state index contributed by atoms with van der Waals surface area (Å²) in [6, 6.07) is 0. The first-order valence-electron chi connectivity index (χ1n) is 9.83. The van der Waals surface area contributed by atoms with Gasteiger partial charge in [-0.3, -0.25) is 0 Å². The van der Waals surface area contributed by atoms with Gasteiger partial charge in [0.2, 0.25) is 0 Å². The molecule has 0 amide bonds. The van der Waals surface area contributed by atoms with Gasteiger partial charge in [0.25, 0.3) is 0 Å². The largest absolute Gasteiger partial charge is 0.355 e. The van der Waals surface area contributed by atoms with Crippen LogP contribution in [0.3, 0.4) is 0 Å². The van der Waals surface area contributed by atoms with Gasteiger partial charge in [-0.2, -0.15) is 0 Å². The van der Waals surface area contributed by atoms with E-state index in [1.54, 1.807) is 0 Å². The fraction of sp³-hybridized carbons (Fsp3) is 1.00. The zero-order chi connectivity index (χ0) is 19.6. The molecule has 0 N–H and O–H groups in total. The van der Waals surface area contributed by atoms with E-state index in [9.17, 15) is 0 Å². The summed E-state index contributed by atoms with van der Waals surface area (Å²) < 4.78 is 22.8. The third-order valence-corrected chi connectivity index (χ3v) is 12.6. The molecular weight excluding hydrogens is 441 g/mol. The van der Waals surface area contributed by atoms with Gasteiger partial charge < -0.3 is 18.9 Å². The average Bonchev–Trinajstić information content (AvgIpc) is 2.70. The first kappa shape index (κ1) is 26.6. The third kappa shape index (κ3) is 13.5. The Bertz CT molecular complexity index is 335. The fourth-order valence-corrected chi connectivity index (χ4v) is 10.1. The second-order valence-corrected chi connectivity index (χ2v) is 13.7. The molecule has 1 heterocycles. The molecule has 0 saturated carbocycles. The molecule has 162 valence electrons. The number of rotatable bonds is 3. The molecule has 0 aromatic carbocycles. The van der Waals surface area contributed by atoms with Crippen LogP contribution in [0.2, 0.25) is 0 Å². The molecule has 0 bridgehead atoms. The van der Waals surface area contributed by atoms with Gasteiger partial charge in [0, 0.05) is 21.5 Å². The van der Waals surface area contributed by atoms with Crippen LogP contribution >= 0.6 is 53.0 Å². The highest BCUT2D eigenvalue weighted by molar-refractivity contribution is 9.09. The van der Waals surface area contributed by atoms with Crippen molar-refractivity contribution < 1.29 is 18.9 Å². The average molecular weight is 477 g/mol. The van der Waals surface area contributed by atoms with Gasteiger partial charge in [-0.1, -0.05) is 63.9 Å². The minimum Gasteiger partial charge on any atom is -0.355 e. The van der Waals surface area contributed by atoms with Crippen LogP contribution in [0.15, 0.2) is 0 Å². The molecule has 1 fully saturated rings. The van der Waals surface area contributed by atoms with E-state index in [2.05, 4.69) is 20.8 Å². The molecule has 0 radical (unpaired) electrons. The van der Waals surface area contributed by atoms with E-state index in [1.165, 1.54) is 0 Å². The highest BCUT2D eigenvalue weighted by atomic mass is 33.5. The lowest BCUT2D eigenvalue weighted by atomic mass is 9.99. The Morgan fingerprint density at radius 3 is 2.11 bits per heavy atom. The molecule has 27 heavy (non-hydrogen) atoms. The summed E-state index contributed by atoms with van der Waals surface area (Å²) in [6.07, 6.45) is 5.60. The van der Waals surface area contributed by atoms with Crippen molar-refractivity contribution in [1.82, 2.24) is 0 Å². The Morgan fingerprint density at radius 1 is 0.815 bits per heavy atom. The Labute approximate surface area is 185 Å². The Hall–Kier alpha value is 1.59. The summed E-state index contributed by atoms with van der Waals surface area (Å²) in [4.78, 5) is 0. The van der Waals surface area contributed by atoms with E-state index < -0.39 is 0 Å². The second-order valence-electron chi connectivity index (χ2n) is 6.22. The van der Waals surface area contributed by atoms with Crippen molar-refractivity contribution in [1.29, 1.82) is 0 Å². The summed E-state index contributed by atoms with van der Waals surface area (Å²) in [6.45, 7) is 10.6. The number of hydrogen-bond acceptors (Lipinski definition) is 9. The molecule has 1 rings (SSSR count). The van der Waals surface area contributed by atoms with Crippen LogP contribution in [-0.2, 0) is 18.9 Å². The maximum absolute atomic E-state index is 5.73. The normalized spacial score (nSPS) is 26.1. The SMILES string of the molecule is CCC1CCOCOCCSSSC(CC)(CC)CCOCOCCSS1. The zero-order valence-corrected chi connectivity index (χ0v) is 21.0. The second kappa shape index (κ2) is 18.4. The lowest BCUT2D eigenvalue weighted by Crippen LogP contribution is -2.24. The van der Waals surface area contributed by atoms with Crippen molar-refractivity contribution in [3.05, 3.63) is 0 Å². The van der Waals surface area contributed by atoms with E-state index in [1.807, 2.05) is 53.0 Å². The van der Waals surface area contributed by atoms with E-state index in [0.29, 0.717) is 18.8 Å². The van der Waals surface area contributed by atoms with Gasteiger partial charge in [-0.05, 0) is 41.9 Å². The minimum atomic E-state index is 0.280. The van der Waals surface area contributed by atoms with E-state index in [-0.39, 0.29) is 4.75 Å². The van der Waals surface area contributed by atoms with E-state index in [4.69, 9.17) is 18.9 Å². The third-order valence-electron chi connectivity index (χ3n) is 4.45. The maximum atomic E-state index is 5.73. The van der Waals surface area contributed by atoms with Crippen LogP contribution in [0.1, 0.15) is 52.9 Å². The van der Waals surface area contributed by atoms with Crippen LogP contribution in [0.5, 0.6) is 0 Å². The molecule has 0 aromatic heterocycles. The van der Waals surface area contributed by atoms with Crippen molar-refractivity contribution in [3.8, 4) is 0 Å². The highest BCUT2D eigenvalue weighted by Crippen LogP contribution is 2.48. The summed E-state index contributed by atoms with van der Waals surface area (Å²) in [5, 5.41) is 0.626. The fourth-order valence-electron chi connectivity index (χ4n) is 2.37. The Morgan fingerprint density at radius 2 is 1.44 bits per heavy atom. The van der Waals surface area contributed by atoms with Gasteiger partial charge in [0.1, 0.15) is 13.6 Å². The summed E-state index contributed by atoms with van der Waals surface area (Å²) in [7, 11) is 9.58. The van der Waals surface area contributed by atoms with Crippen molar-refractivity contribution in [2.24, 2.45) is 0 Å². The highest BCUT2D eigenvalue weighted by Gasteiger charge is 2.27. The van der Waals surface area contributed by atoms with Gasteiger partial charge in [0.05, 0.1) is 26.4 Å². The standard InChI is InChI=1S/C18H36O4S5/c1-4-17-7-9-19-15-22-12-14-24-27-26-18(5-2,6-3)8-10-20-16-21-11-13-23-25-17/h17H,4-16H2,1-3H3. The molecule has 0 aromatic rings. The van der Waals surface area contributed by atoms with E-state index >= 15 is 0 Å². The van der Waals surface area contributed by atoms with Gasteiger partial charge in [-0.15, -0.1) is 0 Å². The lowest BCUT2D eigenvalue weighted by Gasteiger charge is -2.30. The molecule has 1 aliphatic heterocycles. The number of ether oxygens (including phenoxy) is 4. The Kier molecular flexibility index (Phi) is 18.1. The van der Waals surface area contributed by atoms with Crippen LogP contribution < -0.4 is 0 Å². The quantitative estimate of drug-likeness (QED) is 0.424. The van der Waals surface area contributed by atoms with E-state index in [0.717, 1.165) is 70.0 Å². The molecular formula is C18H36O4S5. The summed E-state index contributed by atoms with van der Waals surface area (Å²) >= 11 is 0. The molecule has 4 nitrogen and oxygen atoms in total. The number of hydrogen-bond donors (Lipinski definition) is 0. The van der Waals surface area contributed by atoms with Crippen molar-refractivity contribution in [3.63, 3.8) is 0 Å². The van der Waals surface area contributed by atoms with Gasteiger partial charge in [0.15, 0.2) is 0 Å². The van der Waals surface area contributed by atoms with Crippen molar-refractivity contribution in [2.45, 2.75) is 62.9 Å². The molecule has 0 aliphatic carbocycles. The van der Waals surface area contributed by atoms with Gasteiger partial charge >= 0.3 is 0 Å². The topological polar surface area (TPSA) is 36.9 Å². The smallest absolute Gasteiger partial charge is 0.146 e. The lowest BCUT2D eigenvalue weighted by molar-refractivity contribution is -0.0507. The summed E-state index contributed by atoms with van der Waals surface area (Å²) in [5.41, 5.74) is 0. The van der Waals surface area contributed by atoms with Crippen LogP contribution in [0, 0.1) is 0 Å². The van der Waals surface area contributed by atoms with Crippen molar-refractivity contribution >= 4 is 53.0 Å². The first-order valence-corrected chi connectivity index (χ1v) is 15.9. The molecule has 1 atom stereocenters. The monoisotopic (exact) mass is 476 g/mol. The van der Waals surface area contributed by atoms with Crippen LogP contribution in [0.4, 0.5) is 0 Å². The molecule has 0 spiro atoms. The van der Waals surface area contributed by atoms with Crippen LogP contribution in [-0.4, -0.2) is 61.5 Å². The van der Waals surface area contributed by atoms with Crippen LogP contribution in [0.25, 0.3) is 0 Å². The molecule has 1 saturated heterocycles. The maximum Gasteiger partial charge on any atom is 0.146 e. The van der Waals surface area contributed by atoms with Gasteiger partial charge in [-0.25, -0.2) is 0 Å². The predicted molar refractivity (Wildman–Crippen MR) is 128 cm³/mol. The first-order chi connectivity index (χ1) is 13.3. The zero-order valence-electron chi connectivity index (χ0n) is 16.9. The van der Waals surface area contributed by atoms with Crippen molar-refractivity contribution in [2.75, 3.05) is 51.5 Å². The molecule has 9 heteroatoms. The Balaban J connectivity index is 2.37. The molecule has 1 unspecified atom stereocenters. The minimum absolute atomic E-state index is 0.280. The molecule has 1 aliphatic rings. The predicted octanol–water partition coefficient (Wildman–Crippen LogP) is 6.51.